The molecule has 0 amide bonds. The van der Waals surface area contributed by atoms with Gasteiger partial charge in [0.05, 0.1) is 0 Å². The number of likely N-dealkylation sites (N-methyl/N-ethyl adjacent to an activating group) is 1. The Hall–Kier alpha value is -1.81. The van der Waals surface area contributed by atoms with Gasteiger partial charge in [-0.05, 0) is 40.9 Å². The molecular weight excluding hydrogens is 242 g/mol. The van der Waals surface area contributed by atoms with Crippen LogP contribution in [0, 0.1) is 5.41 Å². The van der Waals surface area contributed by atoms with Crippen molar-refractivity contribution in [3.05, 3.63) is 52.2 Å². The Kier molecular flexibility index (Phi) is 3.99. The minimum atomic E-state index is 0.114. The van der Waals surface area contributed by atoms with E-state index < -0.39 is 0 Å². The summed E-state index contributed by atoms with van der Waals surface area (Å²) < 4.78 is 0. The van der Waals surface area contributed by atoms with Crippen molar-refractivity contribution in [2.75, 3.05) is 18.5 Å². The van der Waals surface area contributed by atoms with Gasteiger partial charge < -0.3 is 10.6 Å². The van der Waals surface area contributed by atoms with Gasteiger partial charge in [0.25, 0.3) is 0 Å². The predicted octanol–water partition coefficient (Wildman–Crippen LogP) is 2.71. The molecule has 3 N–H and O–H groups in total. The SMILES string of the molecule is CN(CCc1ccsc1)c1cccc(C(=N)N)c1. The highest BCUT2D eigenvalue weighted by Crippen LogP contribution is 2.15. The molecule has 0 fully saturated rings. The Balaban J connectivity index is 2.02. The van der Waals surface area contributed by atoms with Crippen molar-refractivity contribution in [1.29, 1.82) is 5.41 Å². The second kappa shape index (κ2) is 5.69. The van der Waals surface area contributed by atoms with Gasteiger partial charge >= 0.3 is 0 Å². The first-order valence-electron chi connectivity index (χ1n) is 5.83. The predicted molar refractivity (Wildman–Crippen MR) is 78.8 cm³/mol. The fraction of sp³-hybridized carbons (Fsp3) is 0.214. The lowest BCUT2D eigenvalue weighted by Gasteiger charge is -2.19. The summed E-state index contributed by atoms with van der Waals surface area (Å²) in [5.74, 6) is 0.114. The standard InChI is InChI=1S/C14H17N3S/c1-17(7-5-11-6-8-18-10-11)13-4-2-3-12(9-13)14(15)16/h2-4,6,8-10H,5,7H2,1H3,(H3,15,16). The van der Waals surface area contributed by atoms with Crippen LogP contribution in [-0.2, 0) is 6.42 Å². The molecule has 0 saturated heterocycles. The van der Waals surface area contributed by atoms with Crippen molar-refractivity contribution < 1.29 is 0 Å². The van der Waals surface area contributed by atoms with Gasteiger partial charge in [0.2, 0.25) is 0 Å². The number of nitrogen functional groups attached to an aromatic ring is 1. The van der Waals surface area contributed by atoms with Crippen molar-refractivity contribution in [3.8, 4) is 0 Å². The summed E-state index contributed by atoms with van der Waals surface area (Å²) in [5.41, 5.74) is 8.74. The number of thiophene rings is 1. The second-order valence-electron chi connectivity index (χ2n) is 4.27. The van der Waals surface area contributed by atoms with E-state index in [-0.39, 0.29) is 5.84 Å². The van der Waals surface area contributed by atoms with Crippen LogP contribution >= 0.6 is 11.3 Å². The van der Waals surface area contributed by atoms with Crippen molar-refractivity contribution in [2.45, 2.75) is 6.42 Å². The number of anilines is 1. The van der Waals surface area contributed by atoms with Gasteiger partial charge in [0.1, 0.15) is 5.84 Å². The summed E-state index contributed by atoms with van der Waals surface area (Å²) in [4.78, 5) is 2.18. The lowest BCUT2D eigenvalue weighted by molar-refractivity contribution is 0.879. The van der Waals surface area contributed by atoms with E-state index in [1.54, 1.807) is 11.3 Å². The quantitative estimate of drug-likeness (QED) is 0.641. The van der Waals surface area contributed by atoms with Gasteiger partial charge in [0, 0.05) is 24.8 Å². The molecule has 0 aliphatic carbocycles. The van der Waals surface area contributed by atoms with Gasteiger partial charge in [0.15, 0.2) is 0 Å². The molecule has 0 radical (unpaired) electrons. The number of nitrogens with one attached hydrogen (secondary N) is 1. The molecule has 94 valence electrons. The van der Waals surface area contributed by atoms with Gasteiger partial charge in [-0.1, -0.05) is 12.1 Å². The Morgan fingerprint density at radius 2 is 2.22 bits per heavy atom. The van der Waals surface area contributed by atoms with E-state index in [0.29, 0.717) is 0 Å². The van der Waals surface area contributed by atoms with Crippen LogP contribution in [0.15, 0.2) is 41.1 Å². The smallest absolute Gasteiger partial charge is 0.122 e. The van der Waals surface area contributed by atoms with Crippen molar-refractivity contribution in [1.82, 2.24) is 0 Å². The number of nitrogens with two attached hydrogens (primary N) is 1. The number of rotatable bonds is 5. The monoisotopic (exact) mass is 259 g/mol. The molecule has 1 aromatic carbocycles. The van der Waals surface area contributed by atoms with E-state index in [1.165, 1.54) is 5.56 Å². The van der Waals surface area contributed by atoms with Gasteiger partial charge in [-0.3, -0.25) is 5.41 Å². The van der Waals surface area contributed by atoms with E-state index in [4.69, 9.17) is 11.1 Å². The van der Waals surface area contributed by atoms with Crippen LogP contribution in [0.3, 0.4) is 0 Å². The fourth-order valence-corrected chi connectivity index (χ4v) is 2.47. The van der Waals surface area contributed by atoms with E-state index >= 15 is 0 Å². The molecule has 2 aromatic rings. The summed E-state index contributed by atoms with van der Waals surface area (Å²) in [7, 11) is 2.06. The summed E-state index contributed by atoms with van der Waals surface area (Å²) >= 11 is 1.73. The lowest BCUT2D eigenvalue weighted by Crippen LogP contribution is -2.21. The largest absolute Gasteiger partial charge is 0.384 e. The molecule has 0 bridgehead atoms. The maximum Gasteiger partial charge on any atom is 0.122 e. The van der Waals surface area contributed by atoms with Crippen LogP contribution in [0.1, 0.15) is 11.1 Å². The summed E-state index contributed by atoms with van der Waals surface area (Å²) in [6.45, 7) is 0.956. The highest BCUT2D eigenvalue weighted by atomic mass is 32.1. The van der Waals surface area contributed by atoms with Crippen LogP contribution in [0.2, 0.25) is 0 Å². The Morgan fingerprint density at radius 1 is 1.39 bits per heavy atom. The third-order valence-electron chi connectivity index (χ3n) is 2.91. The van der Waals surface area contributed by atoms with Crippen LogP contribution in [-0.4, -0.2) is 19.4 Å². The molecule has 1 aromatic heterocycles. The minimum absolute atomic E-state index is 0.114. The molecule has 1 heterocycles. The summed E-state index contributed by atoms with van der Waals surface area (Å²) in [5, 5.41) is 11.7. The molecule has 0 saturated carbocycles. The molecule has 0 atom stereocenters. The summed E-state index contributed by atoms with van der Waals surface area (Å²) in [6, 6.07) is 9.95. The molecule has 0 aliphatic rings. The Bertz CT molecular complexity index is 520. The third kappa shape index (κ3) is 3.11. The maximum absolute atomic E-state index is 7.45. The Morgan fingerprint density at radius 3 is 2.89 bits per heavy atom. The first-order chi connectivity index (χ1) is 8.66. The minimum Gasteiger partial charge on any atom is -0.384 e. The van der Waals surface area contributed by atoms with Crippen molar-refractivity contribution in [3.63, 3.8) is 0 Å². The topological polar surface area (TPSA) is 53.1 Å². The normalized spacial score (nSPS) is 10.3. The molecule has 0 spiro atoms. The van der Waals surface area contributed by atoms with E-state index in [1.807, 2.05) is 24.3 Å². The average Bonchev–Trinajstić information content (AvgIpc) is 2.89. The van der Waals surface area contributed by atoms with Crippen LogP contribution in [0.25, 0.3) is 0 Å². The highest BCUT2D eigenvalue weighted by Gasteiger charge is 2.04. The number of nitrogens with zero attached hydrogens (tertiary/aromatic N) is 1. The molecular formula is C14H17N3S. The van der Waals surface area contributed by atoms with E-state index in [2.05, 4.69) is 28.8 Å². The number of hydrogen-bond donors (Lipinski definition) is 2. The summed E-state index contributed by atoms with van der Waals surface area (Å²) in [6.07, 6.45) is 1.03. The molecule has 4 heteroatoms. The number of hydrogen-bond acceptors (Lipinski definition) is 3. The third-order valence-corrected chi connectivity index (χ3v) is 3.65. The molecule has 0 unspecified atom stereocenters. The zero-order valence-electron chi connectivity index (χ0n) is 10.4. The highest BCUT2D eigenvalue weighted by molar-refractivity contribution is 7.07. The van der Waals surface area contributed by atoms with Gasteiger partial charge in [-0.25, -0.2) is 0 Å². The first kappa shape index (κ1) is 12.6. The number of benzene rings is 1. The van der Waals surface area contributed by atoms with Crippen molar-refractivity contribution >= 4 is 22.9 Å². The number of amidine groups is 1. The molecule has 0 aliphatic heterocycles. The van der Waals surface area contributed by atoms with Crippen LogP contribution < -0.4 is 10.6 Å². The molecule has 18 heavy (non-hydrogen) atoms. The fourth-order valence-electron chi connectivity index (χ4n) is 1.77. The average molecular weight is 259 g/mol. The second-order valence-corrected chi connectivity index (χ2v) is 5.05. The van der Waals surface area contributed by atoms with Gasteiger partial charge in [-0.15, -0.1) is 0 Å². The zero-order valence-corrected chi connectivity index (χ0v) is 11.2. The van der Waals surface area contributed by atoms with E-state index in [9.17, 15) is 0 Å². The van der Waals surface area contributed by atoms with Crippen LogP contribution in [0.5, 0.6) is 0 Å². The maximum atomic E-state index is 7.45. The van der Waals surface area contributed by atoms with Gasteiger partial charge in [-0.2, -0.15) is 11.3 Å². The first-order valence-corrected chi connectivity index (χ1v) is 6.78. The zero-order chi connectivity index (χ0) is 13.0. The Labute approximate surface area is 111 Å². The molecule has 2 rings (SSSR count). The van der Waals surface area contributed by atoms with Crippen molar-refractivity contribution in [2.24, 2.45) is 5.73 Å². The lowest BCUT2D eigenvalue weighted by atomic mass is 10.1. The van der Waals surface area contributed by atoms with E-state index in [0.717, 1.165) is 24.2 Å². The van der Waals surface area contributed by atoms with Crippen LogP contribution in [0.4, 0.5) is 5.69 Å². The molecule has 3 nitrogen and oxygen atoms in total.